The Kier molecular flexibility index (Phi) is 7.17. The van der Waals surface area contributed by atoms with Crippen LogP contribution in [0.25, 0.3) is 0 Å². The molecule has 33 heavy (non-hydrogen) atoms. The highest BCUT2D eigenvalue weighted by atomic mass is 16.3. The molecule has 178 valence electrons. The molecule has 0 N–H and O–H groups in total. The number of aromatic nitrogens is 1. The summed E-state index contributed by atoms with van der Waals surface area (Å²) in [6.07, 6.45) is 7.60. The van der Waals surface area contributed by atoms with Gasteiger partial charge in [-0.25, -0.2) is 4.79 Å². The zero-order chi connectivity index (χ0) is 23.4. The number of nitrogens with zero attached hydrogens (tertiary/aromatic N) is 4. The maximum atomic E-state index is 13.5. The molecule has 2 aromatic rings. The molecule has 0 unspecified atom stereocenters. The van der Waals surface area contributed by atoms with Crippen LogP contribution in [0.15, 0.2) is 41.1 Å². The van der Waals surface area contributed by atoms with Crippen LogP contribution in [0, 0.1) is 6.92 Å². The van der Waals surface area contributed by atoms with Crippen molar-refractivity contribution in [3.8, 4) is 0 Å². The van der Waals surface area contributed by atoms with E-state index in [0.29, 0.717) is 31.8 Å². The number of carbonyl (C=O) groups excluding carboxylic acids is 2. The van der Waals surface area contributed by atoms with Crippen molar-refractivity contribution in [2.45, 2.75) is 64.3 Å². The molecule has 2 aliphatic rings. The number of urea groups is 1. The summed E-state index contributed by atoms with van der Waals surface area (Å²) in [5.41, 5.74) is 0.464. The molecule has 2 aromatic heterocycles. The molecule has 1 atom stereocenters. The molecular formula is C26H36N4O3. The van der Waals surface area contributed by atoms with Crippen LogP contribution in [-0.2, 0) is 11.2 Å². The van der Waals surface area contributed by atoms with Gasteiger partial charge in [0.2, 0.25) is 0 Å². The van der Waals surface area contributed by atoms with Gasteiger partial charge < -0.3 is 14.2 Å². The quantitative estimate of drug-likeness (QED) is 0.533. The minimum atomic E-state index is -0.666. The number of carbonyl (C=O) groups is 2. The molecule has 2 fully saturated rings. The van der Waals surface area contributed by atoms with Crippen LogP contribution in [0.1, 0.15) is 62.5 Å². The Bertz CT molecular complexity index is 949. The van der Waals surface area contributed by atoms with Gasteiger partial charge in [-0.15, -0.1) is 0 Å². The minimum absolute atomic E-state index is 0.000356. The first-order chi connectivity index (χ1) is 15.9. The van der Waals surface area contributed by atoms with Gasteiger partial charge in [0.1, 0.15) is 17.1 Å². The van der Waals surface area contributed by atoms with Crippen LogP contribution >= 0.6 is 0 Å². The molecule has 0 aliphatic carbocycles. The summed E-state index contributed by atoms with van der Waals surface area (Å²) < 4.78 is 5.77. The first kappa shape index (κ1) is 23.5. The number of piperidine rings is 1. The van der Waals surface area contributed by atoms with Gasteiger partial charge in [-0.2, -0.15) is 0 Å². The number of pyridine rings is 1. The number of likely N-dealkylation sites (N-methyl/N-ethyl adjacent to an activating group) is 1. The third-order valence-electron chi connectivity index (χ3n) is 7.32. The van der Waals surface area contributed by atoms with Crippen molar-refractivity contribution in [2.75, 3.05) is 32.7 Å². The van der Waals surface area contributed by atoms with Crippen molar-refractivity contribution < 1.29 is 14.0 Å². The molecule has 4 rings (SSSR count). The molecule has 2 saturated heterocycles. The first-order valence-corrected chi connectivity index (χ1v) is 12.3. The van der Waals surface area contributed by atoms with Gasteiger partial charge >= 0.3 is 6.03 Å². The smallest absolute Gasteiger partial charge is 0.327 e. The van der Waals surface area contributed by atoms with Crippen molar-refractivity contribution in [1.29, 1.82) is 0 Å². The zero-order valence-electron chi connectivity index (χ0n) is 20.1. The Balaban J connectivity index is 1.32. The predicted octanol–water partition coefficient (Wildman–Crippen LogP) is 4.23. The lowest BCUT2D eigenvalue weighted by Crippen LogP contribution is -2.56. The molecule has 0 aromatic carbocycles. The lowest BCUT2D eigenvalue weighted by Gasteiger charge is -2.42. The van der Waals surface area contributed by atoms with E-state index in [2.05, 4.69) is 22.9 Å². The van der Waals surface area contributed by atoms with Crippen LogP contribution in [0.3, 0.4) is 0 Å². The second-order valence-corrected chi connectivity index (χ2v) is 9.46. The van der Waals surface area contributed by atoms with E-state index in [0.717, 1.165) is 56.0 Å². The Hall–Kier alpha value is -2.67. The SMILES string of the molecule is CCN1C(=O)N(CCCc2cccnc2)C(=O)C12CCN(CC[C@@H](C)c1ccc(C)o1)CC2. The zero-order valence-corrected chi connectivity index (χ0v) is 20.1. The summed E-state index contributed by atoms with van der Waals surface area (Å²) in [6.45, 7) is 9.83. The highest BCUT2D eigenvalue weighted by Crippen LogP contribution is 2.37. The molecule has 0 radical (unpaired) electrons. The summed E-state index contributed by atoms with van der Waals surface area (Å²) in [6, 6.07) is 7.91. The fourth-order valence-corrected chi connectivity index (χ4v) is 5.27. The molecule has 0 bridgehead atoms. The molecule has 4 heterocycles. The molecule has 0 saturated carbocycles. The van der Waals surface area contributed by atoms with E-state index in [9.17, 15) is 9.59 Å². The topological polar surface area (TPSA) is 69.9 Å². The lowest BCUT2D eigenvalue weighted by molar-refractivity contribution is -0.135. The van der Waals surface area contributed by atoms with Gasteiger partial charge in [-0.1, -0.05) is 13.0 Å². The van der Waals surface area contributed by atoms with Crippen LogP contribution in [0.2, 0.25) is 0 Å². The fourth-order valence-electron chi connectivity index (χ4n) is 5.27. The number of imide groups is 1. The van der Waals surface area contributed by atoms with Gasteiger partial charge in [0, 0.05) is 44.5 Å². The van der Waals surface area contributed by atoms with Crippen LogP contribution in [0.5, 0.6) is 0 Å². The summed E-state index contributed by atoms with van der Waals surface area (Å²) >= 11 is 0. The monoisotopic (exact) mass is 452 g/mol. The lowest BCUT2D eigenvalue weighted by atomic mass is 9.85. The molecule has 3 amide bonds. The predicted molar refractivity (Wildman–Crippen MR) is 127 cm³/mol. The maximum Gasteiger partial charge on any atom is 0.327 e. The maximum absolute atomic E-state index is 13.5. The van der Waals surface area contributed by atoms with Crippen molar-refractivity contribution >= 4 is 11.9 Å². The van der Waals surface area contributed by atoms with Crippen LogP contribution in [-0.4, -0.2) is 69.9 Å². The van der Waals surface area contributed by atoms with E-state index in [1.54, 1.807) is 6.20 Å². The second kappa shape index (κ2) is 10.1. The molecule has 1 spiro atoms. The van der Waals surface area contributed by atoms with Crippen molar-refractivity contribution in [2.24, 2.45) is 0 Å². The molecule has 7 heteroatoms. The average Bonchev–Trinajstić information content (AvgIpc) is 3.34. The second-order valence-electron chi connectivity index (χ2n) is 9.46. The van der Waals surface area contributed by atoms with Crippen molar-refractivity contribution in [3.63, 3.8) is 0 Å². The highest BCUT2D eigenvalue weighted by molar-refractivity contribution is 6.07. The number of amides is 3. The number of furan rings is 1. The van der Waals surface area contributed by atoms with Gasteiger partial charge in [-0.3, -0.25) is 14.7 Å². The van der Waals surface area contributed by atoms with E-state index in [1.807, 2.05) is 43.1 Å². The summed E-state index contributed by atoms with van der Waals surface area (Å²) in [5.74, 6) is 2.36. The van der Waals surface area contributed by atoms with E-state index in [1.165, 1.54) is 4.90 Å². The highest BCUT2D eigenvalue weighted by Gasteiger charge is 2.57. The Morgan fingerprint density at radius 1 is 1.15 bits per heavy atom. The first-order valence-electron chi connectivity index (χ1n) is 12.3. The fraction of sp³-hybridized carbons (Fsp3) is 0.577. The van der Waals surface area contributed by atoms with E-state index < -0.39 is 5.54 Å². The Labute approximate surface area is 196 Å². The number of aryl methyl sites for hydroxylation is 2. The van der Waals surface area contributed by atoms with Crippen molar-refractivity contribution in [1.82, 2.24) is 19.7 Å². The van der Waals surface area contributed by atoms with E-state index in [-0.39, 0.29) is 11.9 Å². The van der Waals surface area contributed by atoms with Crippen LogP contribution in [0.4, 0.5) is 4.79 Å². The van der Waals surface area contributed by atoms with E-state index in [4.69, 9.17) is 4.42 Å². The molecule has 2 aliphatic heterocycles. The van der Waals surface area contributed by atoms with Crippen LogP contribution < -0.4 is 0 Å². The number of hydrogen-bond donors (Lipinski definition) is 0. The van der Waals surface area contributed by atoms with Crippen molar-refractivity contribution in [3.05, 3.63) is 53.7 Å². The Morgan fingerprint density at radius 2 is 1.94 bits per heavy atom. The van der Waals surface area contributed by atoms with Gasteiger partial charge in [0.05, 0.1) is 0 Å². The number of likely N-dealkylation sites (tertiary alicyclic amines) is 1. The average molecular weight is 453 g/mol. The standard InChI is InChI=1S/C26H36N4O3/c1-4-30-25(32)29(15-6-8-22-7-5-14-27-19-22)24(31)26(30)12-17-28(18-13-26)16-11-20(2)23-10-9-21(3)33-23/h5,7,9-10,14,19-20H,4,6,8,11-13,15-18H2,1-3H3/t20-/m1/s1. The summed E-state index contributed by atoms with van der Waals surface area (Å²) in [5, 5.41) is 0. The van der Waals surface area contributed by atoms with Gasteiger partial charge in [-0.05, 0) is 76.3 Å². The van der Waals surface area contributed by atoms with E-state index >= 15 is 0 Å². The summed E-state index contributed by atoms with van der Waals surface area (Å²) in [4.78, 5) is 36.5. The Morgan fingerprint density at radius 3 is 2.58 bits per heavy atom. The van der Waals surface area contributed by atoms with Gasteiger partial charge in [0.15, 0.2) is 0 Å². The summed E-state index contributed by atoms with van der Waals surface area (Å²) in [7, 11) is 0. The molecular weight excluding hydrogens is 416 g/mol. The minimum Gasteiger partial charge on any atom is -0.466 e. The third-order valence-corrected chi connectivity index (χ3v) is 7.32. The largest absolute Gasteiger partial charge is 0.466 e. The normalized spacial score (nSPS) is 19.6. The number of hydrogen-bond acceptors (Lipinski definition) is 5. The molecule has 7 nitrogen and oxygen atoms in total. The number of rotatable bonds is 9. The third kappa shape index (κ3) is 4.83. The van der Waals surface area contributed by atoms with Gasteiger partial charge in [0.25, 0.3) is 5.91 Å².